The third-order valence-corrected chi connectivity index (χ3v) is 6.67. The predicted molar refractivity (Wildman–Crippen MR) is 118 cm³/mol. The van der Waals surface area contributed by atoms with Crippen LogP contribution in [0.5, 0.6) is 17.2 Å². The fourth-order valence-corrected chi connectivity index (χ4v) is 4.75. The van der Waals surface area contributed by atoms with E-state index in [0.29, 0.717) is 17.2 Å². The minimum Gasteiger partial charge on any atom is -0.495 e. The van der Waals surface area contributed by atoms with Crippen molar-refractivity contribution in [3.63, 3.8) is 0 Å². The molecule has 3 aromatic rings. The molecular formula is C23H22N2O6S. The van der Waals surface area contributed by atoms with E-state index in [1.807, 2.05) is 6.07 Å². The van der Waals surface area contributed by atoms with Gasteiger partial charge in [0.1, 0.15) is 12.3 Å². The molecule has 0 bridgehead atoms. The number of rotatable bonds is 8. The summed E-state index contributed by atoms with van der Waals surface area (Å²) in [5, 5.41) is 2.77. The standard InChI is InChI=1S/C23H22N2O6S/c1-29-20-10-6-5-9-19(20)25(32(27,28)18-7-3-2-4-8-18)15-23(26)24-14-17-11-12-21-22(13-17)31-16-30-21/h2-13H,14-16H2,1H3,(H,24,26). The molecule has 0 unspecified atom stereocenters. The van der Waals surface area contributed by atoms with E-state index in [9.17, 15) is 13.2 Å². The molecule has 4 rings (SSSR count). The fraction of sp³-hybridized carbons (Fsp3) is 0.174. The first-order chi connectivity index (χ1) is 15.5. The van der Waals surface area contributed by atoms with Gasteiger partial charge < -0.3 is 19.5 Å². The van der Waals surface area contributed by atoms with Gasteiger partial charge in [-0.05, 0) is 42.0 Å². The monoisotopic (exact) mass is 454 g/mol. The Balaban J connectivity index is 1.57. The van der Waals surface area contributed by atoms with Gasteiger partial charge in [0, 0.05) is 6.54 Å². The minimum atomic E-state index is -4.02. The predicted octanol–water partition coefficient (Wildman–Crippen LogP) is 2.94. The first-order valence-electron chi connectivity index (χ1n) is 9.85. The molecule has 0 saturated carbocycles. The van der Waals surface area contributed by atoms with Gasteiger partial charge >= 0.3 is 0 Å². The van der Waals surface area contributed by atoms with Crippen molar-refractivity contribution in [2.24, 2.45) is 0 Å². The fourth-order valence-electron chi connectivity index (χ4n) is 3.29. The summed E-state index contributed by atoms with van der Waals surface area (Å²) in [6.45, 7) is -0.0425. The average molecular weight is 455 g/mol. The largest absolute Gasteiger partial charge is 0.495 e. The van der Waals surface area contributed by atoms with Gasteiger partial charge in [0.15, 0.2) is 11.5 Å². The van der Waals surface area contributed by atoms with Gasteiger partial charge in [0.2, 0.25) is 12.7 Å². The maximum Gasteiger partial charge on any atom is 0.264 e. The van der Waals surface area contributed by atoms with Gasteiger partial charge in [-0.15, -0.1) is 0 Å². The number of benzene rings is 3. The van der Waals surface area contributed by atoms with E-state index in [2.05, 4.69) is 5.32 Å². The van der Waals surface area contributed by atoms with Gasteiger partial charge in [-0.1, -0.05) is 36.4 Å². The molecule has 1 heterocycles. The number of carbonyl (C=O) groups is 1. The van der Waals surface area contributed by atoms with Crippen molar-refractivity contribution in [2.75, 3.05) is 24.8 Å². The summed E-state index contributed by atoms with van der Waals surface area (Å²) in [6.07, 6.45) is 0. The lowest BCUT2D eigenvalue weighted by Gasteiger charge is -2.25. The first kappa shape index (κ1) is 21.5. The van der Waals surface area contributed by atoms with Crippen LogP contribution < -0.4 is 23.8 Å². The number of hydrogen-bond acceptors (Lipinski definition) is 6. The van der Waals surface area contributed by atoms with Crippen molar-refractivity contribution in [2.45, 2.75) is 11.4 Å². The number of fused-ring (bicyclic) bond motifs is 1. The van der Waals surface area contributed by atoms with E-state index < -0.39 is 22.5 Å². The number of hydrogen-bond donors (Lipinski definition) is 1. The number of methoxy groups -OCH3 is 1. The molecule has 0 aromatic heterocycles. The molecule has 1 aliphatic heterocycles. The van der Waals surface area contributed by atoms with Gasteiger partial charge in [-0.2, -0.15) is 0 Å². The molecule has 3 aromatic carbocycles. The lowest BCUT2D eigenvalue weighted by Crippen LogP contribution is -2.40. The maximum absolute atomic E-state index is 13.4. The highest BCUT2D eigenvalue weighted by atomic mass is 32.2. The van der Waals surface area contributed by atoms with E-state index in [1.165, 1.54) is 19.2 Å². The van der Waals surface area contributed by atoms with Crippen LogP contribution in [0, 0.1) is 0 Å². The number of anilines is 1. The van der Waals surface area contributed by atoms with E-state index in [0.717, 1.165) is 9.87 Å². The van der Waals surface area contributed by atoms with E-state index >= 15 is 0 Å². The number of nitrogens with zero attached hydrogens (tertiary/aromatic N) is 1. The Hall–Kier alpha value is -3.72. The smallest absolute Gasteiger partial charge is 0.264 e. The molecule has 1 aliphatic rings. The van der Waals surface area contributed by atoms with Crippen LogP contribution in [0.2, 0.25) is 0 Å². The van der Waals surface area contributed by atoms with Gasteiger partial charge in [-0.25, -0.2) is 8.42 Å². The van der Waals surface area contributed by atoms with Crippen LogP contribution in [-0.2, 0) is 21.4 Å². The molecule has 166 valence electrons. The van der Waals surface area contributed by atoms with Crippen molar-refractivity contribution in [3.05, 3.63) is 78.4 Å². The van der Waals surface area contributed by atoms with Crippen LogP contribution in [0.15, 0.2) is 77.7 Å². The third kappa shape index (κ3) is 4.47. The van der Waals surface area contributed by atoms with Crippen molar-refractivity contribution in [3.8, 4) is 17.2 Å². The molecule has 1 N–H and O–H groups in total. The second kappa shape index (κ2) is 9.19. The topological polar surface area (TPSA) is 94.2 Å². The highest BCUT2D eigenvalue weighted by Gasteiger charge is 2.29. The highest BCUT2D eigenvalue weighted by molar-refractivity contribution is 7.92. The van der Waals surface area contributed by atoms with E-state index in [1.54, 1.807) is 54.6 Å². The summed E-state index contributed by atoms with van der Waals surface area (Å²) >= 11 is 0. The summed E-state index contributed by atoms with van der Waals surface area (Å²) < 4.78 is 43.8. The van der Waals surface area contributed by atoms with Crippen LogP contribution in [0.1, 0.15) is 5.56 Å². The van der Waals surface area contributed by atoms with Crippen LogP contribution in [0.3, 0.4) is 0 Å². The maximum atomic E-state index is 13.4. The molecule has 0 saturated heterocycles. The van der Waals surface area contributed by atoms with Gasteiger partial charge in [-0.3, -0.25) is 9.10 Å². The molecule has 32 heavy (non-hydrogen) atoms. The number of sulfonamides is 1. The molecule has 0 radical (unpaired) electrons. The van der Waals surface area contributed by atoms with Crippen molar-refractivity contribution in [1.29, 1.82) is 0 Å². The summed E-state index contributed by atoms with van der Waals surface area (Å²) in [6, 6.07) is 20.0. The Bertz CT molecular complexity index is 1210. The highest BCUT2D eigenvalue weighted by Crippen LogP contribution is 2.33. The number of carbonyl (C=O) groups excluding carboxylic acids is 1. The molecule has 1 amide bonds. The zero-order valence-electron chi connectivity index (χ0n) is 17.4. The van der Waals surface area contributed by atoms with Crippen LogP contribution in [0.4, 0.5) is 5.69 Å². The zero-order valence-corrected chi connectivity index (χ0v) is 18.2. The second-order valence-electron chi connectivity index (χ2n) is 6.96. The number of amides is 1. The third-order valence-electron chi connectivity index (χ3n) is 4.90. The summed E-state index contributed by atoms with van der Waals surface area (Å²) in [5.41, 5.74) is 1.08. The Morgan fingerprint density at radius 1 is 1.00 bits per heavy atom. The average Bonchev–Trinajstić information content (AvgIpc) is 3.29. The van der Waals surface area contributed by atoms with Gasteiger partial charge in [0.05, 0.1) is 17.7 Å². The van der Waals surface area contributed by atoms with E-state index in [-0.39, 0.29) is 23.9 Å². The lowest BCUT2D eigenvalue weighted by molar-refractivity contribution is -0.119. The number of nitrogens with one attached hydrogen (secondary N) is 1. The summed E-state index contributed by atoms with van der Waals surface area (Å²) in [4.78, 5) is 12.9. The van der Waals surface area contributed by atoms with Crippen molar-refractivity contribution in [1.82, 2.24) is 5.32 Å². The minimum absolute atomic E-state index is 0.0782. The summed E-state index contributed by atoms with van der Waals surface area (Å²) in [7, 11) is -2.57. The quantitative estimate of drug-likeness (QED) is 0.563. The summed E-state index contributed by atoms with van der Waals surface area (Å²) in [5.74, 6) is 1.14. The second-order valence-corrected chi connectivity index (χ2v) is 8.82. The SMILES string of the molecule is COc1ccccc1N(CC(=O)NCc1ccc2c(c1)OCO2)S(=O)(=O)c1ccccc1. The molecule has 9 heteroatoms. The van der Waals surface area contributed by atoms with Crippen LogP contribution >= 0.6 is 0 Å². The Morgan fingerprint density at radius 2 is 1.72 bits per heavy atom. The Labute approximate surface area is 186 Å². The van der Waals surface area contributed by atoms with Crippen molar-refractivity contribution >= 4 is 21.6 Å². The van der Waals surface area contributed by atoms with E-state index in [4.69, 9.17) is 14.2 Å². The molecular weight excluding hydrogens is 432 g/mol. The Morgan fingerprint density at radius 3 is 2.50 bits per heavy atom. The van der Waals surface area contributed by atoms with Crippen LogP contribution in [-0.4, -0.2) is 34.8 Å². The first-order valence-corrected chi connectivity index (χ1v) is 11.3. The van der Waals surface area contributed by atoms with Crippen LogP contribution in [0.25, 0.3) is 0 Å². The number of ether oxygens (including phenoxy) is 3. The number of para-hydroxylation sites is 2. The lowest BCUT2D eigenvalue weighted by atomic mass is 10.2. The molecule has 8 nitrogen and oxygen atoms in total. The zero-order chi connectivity index (χ0) is 22.6. The molecule has 0 fully saturated rings. The van der Waals surface area contributed by atoms with Gasteiger partial charge in [0.25, 0.3) is 10.0 Å². The molecule has 0 spiro atoms. The molecule has 0 atom stereocenters. The van der Waals surface area contributed by atoms with Crippen molar-refractivity contribution < 1.29 is 27.4 Å². The normalized spacial score (nSPS) is 12.3. The Kier molecular flexibility index (Phi) is 6.18. The molecule has 0 aliphatic carbocycles.